The number of para-hydroxylation sites is 1. The van der Waals surface area contributed by atoms with Gasteiger partial charge in [-0.3, -0.25) is 9.47 Å². The van der Waals surface area contributed by atoms with Gasteiger partial charge in [0.15, 0.2) is 17.0 Å². The average Bonchev–Trinajstić information content (AvgIpc) is 3.41. The van der Waals surface area contributed by atoms with E-state index in [9.17, 15) is 0 Å². The van der Waals surface area contributed by atoms with Crippen LogP contribution in [-0.2, 0) is 0 Å². The zero-order chi connectivity index (χ0) is 21.8. The van der Waals surface area contributed by atoms with E-state index in [1.54, 1.807) is 11.3 Å². The molecule has 0 aliphatic rings. The summed E-state index contributed by atoms with van der Waals surface area (Å²) in [5.74, 6) is 1.28. The van der Waals surface area contributed by atoms with Crippen LogP contribution in [0.5, 0.6) is 0 Å². The standard InChI is InChI=1S/C23H29N7S/c1-16(2)29(17(3)4)12-11-24-21-20-22(30(15-25-20)19-10-13-31-14-19)28-23(27-21)26-18-8-6-5-7-9-18/h5-10,13-17H,11-12H2,1-4H3,(H2,24,26,27,28). The second-order valence-corrected chi connectivity index (χ2v) is 8.79. The Bertz CT molecular complexity index is 1100. The number of thiophene rings is 1. The number of fused-ring (bicyclic) bond motifs is 1. The number of nitrogens with zero attached hydrogens (tertiary/aromatic N) is 5. The Morgan fingerprint density at radius 1 is 1.03 bits per heavy atom. The number of hydrogen-bond donors (Lipinski definition) is 2. The third-order valence-corrected chi connectivity index (χ3v) is 5.87. The lowest BCUT2D eigenvalue weighted by molar-refractivity contribution is 0.182. The van der Waals surface area contributed by atoms with Crippen LogP contribution in [0.2, 0.25) is 0 Å². The van der Waals surface area contributed by atoms with Gasteiger partial charge in [0.1, 0.15) is 6.33 Å². The molecule has 0 saturated carbocycles. The second kappa shape index (κ2) is 9.45. The molecule has 0 spiro atoms. The normalized spacial score (nSPS) is 11.7. The van der Waals surface area contributed by atoms with Crippen molar-refractivity contribution in [1.29, 1.82) is 0 Å². The van der Waals surface area contributed by atoms with Crippen LogP contribution in [0.15, 0.2) is 53.5 Å². The van der Waals surface area contributed by atoms with Crippen molar-refractivity contribution in [3.8, 4) is 5.69 Å². The predicted octanol–water partition coefficient (Wildman–Crippen LogP) is 5.15. The highest BCUT2D eigenvalue weighted by molar-refractivity contribution is 7.08. The minimum Gasteiger partial charge on any atom is -0.367 e. The van der Waals surface area contributed by atoms with Crippen molar-refractivity contribution in [2.24, 2.45) is 0 Å². The SMILES string of the molecule is CC(C)N(CCNc1nc(Nc2ccccc2)nc2c1ncn2-c1ccsc1)C(C)C. The van der Waals surface area contributed by atoms with E-state index >= 15 is 0 Å². The minimum absolute atomic E-state index is 0.486. The van der Waals surface area contributed by atoms with E-state index in [4.69, 9.17) is 9.97 Å². The van der Waals surface area contributed by atoms with Crippen molar-refractivity contribution >= 4 is 40.0 Å². The van der Waals surface area contributed by atoms with Crippen LogP contribution >= 0.6 is 11.3 Å². The number of benzene rings is 1. The van der Waals surface area contributed by atoms with Gasteiger partial charge >= 0.3 is 0 Å². The molecule has 3 aromatic heterocycles. The highest BCUT2D eigenvalue weighted by Crippen LogP contribution is 2.25. The summed E-state index contributed by atoms with van der Waals surface area (Å²) >= 11 is 1.65. The van der Waals surface area contributed by atoms with E-state index < -0.39 is 0 Å². The highest BCUT2D eigenvalue weighted by Gasteiger charge is 2.16. The third-order valence-electron chi connectivity index (χ3n) is 5.20. The first-order valence-electron chi connectivity index (χ1n) is 10.6. The van der Waals surface area contributed by atoms with Crippen LogP contribution in [-0.4, -0.2) is 49.6 Å². The van der Waals surface area contributed by atoms with Crippen LogP contribution in [0.4, 0.5) is 17.5 Å². The molecule has 8 heteroatoms. The number of aromatic nitrogens is 4. The molecule has 2 N–H and O–H groups in total. The zero-order valence-electron chi connectivity index (χ0n) is 18.4. The maximum absolute atomic E-state index is 4.78. The van der Waals surface area contributed by atoms with Crippen LogP contribution in [0, 0.1) is 0 Å². The molecule has 0 amide bonds. The summed E-state index contributed by atoms with van der Waals surface area (Å²) in [4.78, 5) is 16.6. The van der Waals surface area contributed by atoms with Gasteiger partial charge in [0.25, 0.3) is 0 Å². The first-order valence-corrected chi connectivity index (χ1v) is 11.6. The van der Waals surface area contributed by atoms with Gasteiger partial charge in [-0.15, -0.1) is 0 Å². The van der Waals surface area contributed by atoms with Crippen molar-refractivity contribution in [3.05, 3.63) is 53.5 Å². The molecular weight excluding hydrogens is 406 g/mol. The van der Waals surface area contributed by atoms with Crippen molar-refractivity contribution in [3.63, 3.8) is 0 Å². The molecule has 4 rings (SSSR count). The smallest absolute Gasteiger partial charge is 0.231 e. The van der Waals surface area contributed by atoms with Crippen LogP contribution in [0.25, 0.3) is 16.9 Å². The summed E-state index contributed by atoms with van der Waals surface area (Å²) in [7, 11) is 0. The van der Waals surface area contributed by atoms with Crippen LogP contribution < -0.4 is 10.6 Å². The molecule has 0 atom stereocenters. The third kappa shape index (κ3) is 4.86. The van der Waals surface area contributed by atoms with Gasteiger partial charge in [-0.25, -0.2) is 4.98 Å². The van der Waals surface area contributed by atoms with E-state index in [1.165, 1.54) is 0 Å². The number of imidazole rings is 1. The Hall–Kier alpha value is -2.97. The molecule has 4 aromatic rings. The van der Waals surface area contributed by atoms with Gasteiger partial charge in [-0.1, -0.05) is 18.2 Å². The summed E-state index contributed by atoms with van der Waals surface area (Å²) in [6.45, 7) is 10.6. The molecule has 0 saturated heterocycles. The van der Waals surface area contributed by atoms with Gasteiger partial charge in [-0.05, 0) is 51.3 Å². The topological polar surface area (TPSA) is 70.9 Å². The van der Waals surface area contributed by atoms with Crippen molar-refractivity contribution in [1.82, 2.24) is 24.4 Å². The Kier molecular flexibility index (Phi) is 6.48. The Morgan fingerprint density at radius 3 is 2.48 bits per heavy atom. The molecule has 0 unspecified atom stereocenters. The molecule has 31 heavy (non-hydrogen) atoms. The van der Waals surface area contributed by atoms with Gasteiger partial charge in [0.05, 0.1) is 5.69 Å². The average molecular weight is 436 g/mol. The van der Waals surface area contributed by atoms with Gasteiger partial charge in [0, 0.05) is 36.2 Å². The van der Waals surface area contributed by atoms with Crippen molar-refractivity contribution in [2.45, 2.75) is 39.8 Å². The van der Waals surface area contributed by atoms with Gasteiger partial charge in [-0.2, -0.15) is 21.3 Å². The number of anilines is 3. The monoisotopic (exact) mass is 435 g/mol. The van der Waals surface area contributed by atoms with Crippen LogP contribution in [0.1, 0.15) is 27.7 Å². The molecule has 0 aliphatic heterocycles. The molecule has 0 bridgehead atoms. The largest absolute Gasteiger partial charge is 0.367 e. The molecular formula is C23H29N7S. The molecule has 1 aromatic carbocycles. The molecule has 3 heterocycles. The Labute approximate surface area is 187 Å². The predicted molar refractivity (Wildman–Crippen MR) is 130 cm³/mol. The first kappa shape index (κ1) is 21.3. The fourth-order valence-electron chi connectivity index (χ4n) is 3.73. The number of nitrogens with one attached hydrogen (secondary N) is 2. The lowest BCUT2D eigenvalue weighted by Gasteiger charge is -2.30. The first-order chi connectivity index (χ1) is 15.0. The second-order valence-electron chi connectivity index (χ2n) is 8.01. The molecule has 162 valence electrons. The number of hydrogen-bond acceptors (Lipinski definition) is 7. The Balaban J connectivity index is 1.66. The van der Waals surface area contributed by atoms with E-state index in [1.807, 2.05) is 41.2 Å². The maximum atomic E-state index is 4.78. The Morgan fingerprint density at radius 2 is 1.81 bits per heavy atom. The summed E-state index contributed by atoms with van der Waals surface area (Å²) < 4.78 is 2.00. The summed E-state index contributed by atoms with van der Waals surface area (Å²) in [6, 6.07) is 13.0. The fourth-order valence-corrected chi connectivity index (χ4v) is 4.36. The van der Waals surface area contributed by atoms with Gasteiger partial charge in [0.2, 0.25) is 5.95 Å². The molecule has 0 radical (unpaired) electrons. The highest BCUT2D eigenvalue weighted by atomic mass is 32.1. The van der Waals surface area contributed by atoms with E-state index in [-0.39, 0.29) is 0 Å². The summed E-state index contributed by atoms with van der Waals surface area (Å²) in [6.07, 6.45) is 1.81. The number of rotatable bonds is 9. The molecule has 0 fully saturated rings. The van der Waals surface area contributed by atoms with Crippen molar-refractivity contribution in [2.75, 3.05) is 23.7 Å². The van der Waals surface area contributed by atoms with E-state index in [2.05, 4.69) is 65.0 Å². The summed E-state index contributed by atoms with van der Waals surface area (Å²) in [5.41, 5.74) is 3.54. The lowest BCUT2D eigenvalue weighted by Crippen LogP contribution is -2.40. The quantitative estimate of drug-likeness (QED) is 0.379. The molecule has 7 nitrogen and oxygen atoms in total. The van der Waals surface area contributed by atoms with Gasteiger partial charge < -0.3 is 10.6 Å². The lowest BCUT2D eigenvalue weighted by atomic mass is 10.2. The van der Waals surface area contributed by atoms with Crippen molar-refractivity contribution < 1.29 is 0 Å². The van der Waals surface area contributed by atoms with E-state index in [0.29, 0.717) is 18.0 Å². The fraction of sp³-hybridized carbons (Fsp3) is 0.348. The maximum Gasteiger partial charge on any atom is 0.231 e. The minimum atomic E-state index is 0.486. The molecule has 0 aliphatic carbocycles. The summed E-state index contributed by atoms with van der Waals surface area (Å²) in [5, 5.41) is 11.0. The van der Waals surface area contributed by atoms with Crippen LogP contribution in [0.3, 0.4) is 0 Å². The zero-order valence-corrected chi connectivity index (χ0v) is 19.2. The van der Waals surface area contributed by atoms with E-state index in [0.717, 1.165) is 41.4 Å².